The van der Waals surface area contributed by atoms with E-state index in [1.807, 2.05) is 0 Å². The van der Waals surface area contributed by atoms with Gasteiger partial charge in [-0.3, -0.25) is 9.48 Å². The second-order valence-electron chi connectivity index (χ2n) is 3.02. The zero-order valence-corrected chi connectivity index (χ0v) is 8.42. The molecule has 9 heteroatoms. The minimum Gasteiger partial charge on any atom is -0.304 e. The van der Waals surface area contributed by atoms with Crippen molar-refractivity contribution in [3.63, 3.8) is 0 Å². The maximum Gasteiger partial charge on any atom is 0.383 e. The summed E-state index contributed by atoms with van der Waals surface area (Å²) in [5.74, 6) is -7.37. The highest BCUT2D eigenvalue weighted by Gasteiger charge is 2.49. The van der Waals surface area contributed by atoms with Crippen LogP contribution in [0.4, 0.5) is 23.4 Å². The molecule has 0 saturated carbocycles. The molecule has 0 unspecified atom stereocenters. The van der Waals surface area contributed by atoms with Crippen molar-refractivity contribution >= 4 is 11.7 Å². The van der Waals surface area contributed by atoms with Crippen LogP contribution in [0.2, 0.25) is 0 Å². The van der Waals surface area contributed by atoms with Gasteiger partial charge in [0.2, 0.25) is 0 Å². The van der Waals surface area contributed by atoms with Crippen LogP contribution in [0.15, 0.2) is 6.20 Å². The number of nitrogens with one attached hydrogen (secondary N) is 1. The van der Waals surface area contributed by atoms with Crippen molar-refractivity contribution in [2.45, 2.75) is 12.3 Å². The molecule has 0 aliphatic heterocycles. The lowest BCUT2D eigenvalue weighted by atomic mass is 10.3. The van der Waals surface area contributed by atoms with Gasteiger partial charge in [0.15, 0.2) is 0 Å². The van der Waals surface area contributed by atoms with Crippen LogP contribution in [-0.2, 0) is 11.8 Å². The van der Waals surface area contributed by atoms with Crippen LogP contribution in [0.3, 0.4) is 0 Å². The van der Waals surface area contributed by atoms with Gasteiger partial charge in [-0.2, -0.15) is 19.1 Å². The van der Waals surface area contributed by atoms with Crippen LogP contribution in [0.25, 0.3) is 0 Å². The standard InChI is InChI=1S/C8H6F4N4O/c1-16-5(4(2-13)3-14-16)15-7(17)8(11,12)6(9)10/h3,6H,1H3,(H,15,17). The fraction of sp³-hybridized carbons (Fsp3) is 0.375. The van der Waals surface area contributed by atoms with Crippen LogP contribution in [0.1, 0.15) is 5.56 Å². The lowest BCUT2D eigenvalue weighted by molar-refractivity contribution is -0.163. The molecule has 92 valence electrons. The molecular weight excluding hydrogens is 244 g/mol. The molecule has 1 amide bonds. The Morgan fingerprint density at radius 1 is 1.65 bits per heavy atom. The lowest BCUT2D eigenvalue weighted by Crippen LogP contribution is -2.41. The topological polar surface area (TPSA) is 70.7 Å². The third-order valence-electron chi connectivity index (χ3n) is 1.87. The Hall–Kier alpha value is -2.11. The molecule has 0 radical (unpaired) electrons. The molecule has 0 bridgehead atoms. The molecule has 0 aliphatic carbocycles. The Kier molecular flexibility index (Phi) is 3.36. The zero-order valence-electron chi connectivity index (χ0n) is 8.42. The minimum absolute atomic E-state index is 0.203. The Labute approximate surface area is 92.6 Å². The van der Waals surface area contributed by atoms with Gasteiger partial charge in [0.05, 0.1) is 6.20 Å². The third kappa shape index (κ3) is 2.35. The van der Waals surface area contributed by atoms with Crippen molar-refractivity contribution in [3.8, 4) is 6.07 Å². The summed E-state index contributed by atoms with van der Waals surface area (Å²) in [5.41, 5.74) is -0.203. The number of nitriles is 1. The van der Waals surface area contributed by atoms with E-state index in [1.165, 1.54) is 7.05 Å². The van der Waals surface area contributed by atoms with Crippen LogP contribution in [-0.4, -0.2) is 28.0 Å². The lowest BCUT2D eigenvalue weighted by Gasteiger charge is -2.14. The quantitative estimate of drug-likeness (QED) is 0.817. The smallest absolute Gasteiger partial charge is 0.304 e. The number of aryl methyl sites for hydroxylation is 1. The highest BCUT2D eigenvalue weighted by atomic mass is 19.3. The van der Waals surface area contributed by atoms with Gasteiger partial charge in [-0.15, -0.1) is 0 Å². The molecule has 0 fully saturated rings. The van der Waals surface area contributed by atoms with E-state index < -0.39 is 18.3 Å². The third-order valence-corrected chi connectivity index (χ3v) is 1.87. The summed E-state index contributed by atoms with van der Waals surface area (Å²) in [6, 6.07) is 1.57. The molecule has 0 spiro atoms. The maximum atomic E-state index is 12.6. The predicted molar refractivity (Wildman–Crippen MR) is 47.5 cm³/mol. The summed E-state index contributed by atoms with van der Waals surface area (Å²) in [4.78, 5) is 10.9. The molecule has 1 aromatic rings. The second-order valence-corrected chi connectivity index (χ2v) is 3.02. The summed E-state index contributed by atoms with van der Waals surface area (Å²) in [7, 11) is 1.26. The maximum absolute atomic E-state index is 12.6. The summed E-state index contributed by atoms with van der Waals surface area (Å²) < 4.78 is 49.9. The predicted octanol–water partition coefficient (Wildman–Crippen LogP) is 1.13. The van der Waals surface area contributed by atoms with Gasteiger partial charge in [0.25, 0.3) is 0 Å². The average Bonchev–Trinajstić information content (AvgIpc) is 2.59. The second kappa shape index (κ2) is 4.40. The first-order valence-electron chi connectivity index (χ1n) is 4.20. The largest absolute Gasteiger partial charge is 0.383 e. The number of anilines is 1. The van der Waals surface area contributed by atoms with Crippen LogP contribution < -0.4 is 5.32 Å². The molecule has 0 atom stereocenters. The molecule has 0 aromatic carbocycles. The van der Waals surface area contributed by atoms with Gasteiger partial charge in [-0.1, -0.05) is 0 Å². The van der Waals surface area contributed by atoms with Gasteiger partial charge >= 0.3 is 18.3 Å². The van der Waals surface area contributed by atoms with Gasteiger partial charge in [-0.05, 0) is 0 Å². The molecule has 1 N–H and O–H groups in total. The van der Waals surface area contributed by atoms with Gasteiger partial charge in [0.1, 0.15) is 17.5 Å². The number of amides is 1. The summed E-state index contributed by atoms with van der Waals surface area (Å²) >= 11 is 0. The Morgan fingerprint density at radius 2 is 2.24 bits per heavy atom. The Bertz CT molecular complexity index is 476. The Morgan fingerprint density at radius 3 is 2.71 bits per heavy atom. The van der Waals surface area contributed by atoms with Crippen LogP contribution in [0, 0.1) is 11.3 Å². The normalized spacial score (nSPS) is 11.4. The van der Waals surface area contributed by atoms with Gasteiger partial charge in [0, 0.05) is 7.05 Å². The van der Waals surface area contributed by atoms with E-state index in [4.69, 9.17) is 5.26 Å². The summed E-state index contributed by atoms with van der Waals surface area (Å²) in [5, 5.41) is 13.6. The van der Waals surface area contributed by atoms with Crippen LogP contribution in [0.5, 0.6) is 0 Å². The minimum atomic E-state index is -4.82. The van der Waals surface area contributed by atoms with Crippen molar-refractivity contribution in [1.82, 2.24) is 9.78 Å². The van der Waals surface area contributed by atoms with E-state index >= 15 is 0 Å². The van der Waals surface area contributed by atoms with Crippen LogP contribution >= 0.6 is 0 Å². The molecule has 1 heterocycles. The number of carbonyl (C=O) groups excluding carboxylic acids is 1. The number of rotatable bonds is 3. The summed E-state index contributed by atoms with van der Waals surface area (Å²) in [6.07, 6.45) is -3.11. The number of carbonyl (C=O) groups is 1. The molecule has 1 aromatic heterocycles. The van der Waals surface area contributed by atoms with Crippen molar-refractivity contribution in [2.75, 3.05) is 5.32 Å². The van der Waals surface area contributed by atoms with E-state index in [0.29, 0.717) is 0 Å². The van der Waals surface area contributed by atoms with E-state index in [9.17, 15) is 22.4 Å². The Balaban J connectivity index is 2.97. The molecular formula is C8H6F4N4O. The number of nitrogens with zero attached hydrogens (tertiary/aromatic N) is 3. The molecule has 17 heavy (non-hydrogen) atoms. The zero-order chi connectivity index (χ0) is 13.2. The first-order chi connectivity index (χ1) is 7.80. The molecule has 0 aliphatic rings. The number of hydrogen-bond acceptors (Lipinski definition) is 3. The fourth-order valence-electron chi connectivity index (χ4n) is 0.958. The molecule has 5 nitrogen and oxygen atoms in total. The van der Waals surface area contributed by atoms with E-state index in [2.05, 4.69) is 5.10 Å². The molecule has 1 rings (SSSR count). The number of aromatic nitrogens is 2. The monoisotopic (exact) mass is 250 g/mol. The van der Waals surface area contributed by atoms with Crippen molar-refractivity contribution in [2.24, 2.45) is 7.05 Å². The van der Waals surface area contributed by atoms with E-state index in [-0.39, 0.29) is 11.4 Å². The fourth-order valence-corrected chi connectivity index (χ4v) is 0.958. The van der Waals surface area contributed by atoms with Gasteiger partial charge < -0.3 is 5.32 Å². The van der Waals surface area contributed by atoms with E-state index in [0.717, 1.165) is 10.9 Å². The van der Waals surface area contributed by atoms with E-state index in [1.54, 1.807) is 11.4 Å². The molecule has 0 saturated heterocycles. The SMILES string of the molecule is Cn1ncc(C#N)c1NC(=O)C(F)(F)C(F)F. The van der Waals surface area contributed by atoms with Gasteiger partial charge in [-0.25, -0.2) is 8.78 Å². The number of alkyl halides is 4. The number of hydrogen-bond donors (Lipinski definition) is 1. The van der Waals surface area contributed by atoms with Crippen molar-refractivity contribution in [3.05, 3.63) is 11.8 Å². The first-order valence-corrected chi connectivity index (χ1v) is 4.20. The summed E-state index contributed by atoms with van der Waals surface area (Å²) in [6.45, 7) is 0. The highest BCUT2D eigenvalue weighted by molar-refractivity contribution is 5.96. The van der Waals surface area contributed by atoms with Crippen molar-refractivity contribution in [1.29, 1.82) is 5.26 Å². The average molecular weight is 250 g/mol. The first kappa shape index (κ1) is 13.0. The number of halogens is 4. The highest BCUT2D eigenvalue weighted by Crippen LogP contribution is 2.25. The van der Waals surface area contributed by atoms with Crippen molar-refractivity contribution < 1.29 is 22.4 Å².